The van der Waals surface area contributed by atoms with Gasteiger partial charge in [0.15, 0.2) is 0 Å². The first-order chi connectivity index (χ1) is 6.84. The fourth-order valence-electron chi connectivity index (χ4n) is 1.21. The molecule has 72 valence electrons. The molecular weight excluding hydrogens is 198 g/mol. The highest BCUT2D eigenvalue weighted by molar-refractivity contribution is 6.30. The van der Waals surface area contributed by atoms with E-state index in [0.29, 0.717) is 0 Å². The molecular formula is C10H10ClN3. The first-order valence-corrected chi connectivity index (χ1v) is 4.68. The Bertz CT molecular complexity index is 344. The molecule has 0 aliphatic carbocycles. The number of nitrogens with one attached hydrogen (secondary N) is 1. The highest BCUT2D eigenvalue weighted by Gasteiger charge is 2.00. The summed E-state index contributed by atoms with van der Waals surface area (Å²) < 4.78 is 0. The number of halogens is 1. The number of hydrogen-bond acceptors (Lipinski definition) is 3. The zero-order valence-electron chi connectivity index (χ0n) is 7.52. The van der Waals surface area contributed by atoms with Gasteiger partial charge >= 0.3 is 0 Å². The van der Waals surface area contributed by atoms with Crippen LogP contribution in [0.4, 0.5) is 0 Å². The number of hydrazone groups is 1. The van der Waals surface area contributed by atoms with Crippen LogP contribution in [0.25, 0.3) is 0 Å². The van der Waals surface area contributed by atoms with Gasteiger partial charge in [0.25, 0.3) is 0 Å². The molecule has 0 bridgehead atoms. The molecule has 0 saturated carbocycles. The first-order valence-electron chi connectivity index (χ1n) is 4.30. The average Bonchev–Trinajstić information content (AvgIpc) is 2.23. The van der Waals surface area contributed by atoms with Crippen LogP contribution in [0.2, 0.25) is 5.02 Å². The number of benzene rings is 1. The summed E-state index contributed by atoms with van der Waals surface area (Å²) in [5.74, 6) is 0. The Hall–Kier alpha value is -1.48. The molecule has 1 aromatic carbocycles. The van der Waals surface area contributed by atoms with Crippen molar-refractivity contribution in [1.82, 2.24) is 10.3 Å². The van der Waals surface area contributed by atoms with Crippen LogP contribution in [0.5, 0.6) is 0 Å². The summed E-state index contributed by atoms with van der Waals surface area (Å²) in [4.78, 5) is 1.99. The Labute approximate surface area is 87.7 Å². The third kappa shape index (κ3) is 2.26. The van der Waals surface area contributed by atoms with E-state index in [1.54, 1.807) is 12.5 Å². The summed E-state index contributed by atoms with van der Waals surface area (Å²) in [5, 5.41) is 4.67. The van der Waals surface area contributed by atoms with Crippen LogP contribution in [0.15, 0.2) is 41.8 Å². The molecule has 1 N–H and O–H groups in total. The summed E-state index contributed by atoms with van der Waals surface area (Å²) in [7, 11) is 0. The Balaban J connectivity index is 2.03. The fraction of sp³-hybridized carbons (Fsp3) is 0.100. The smallest absolute Gasteiger partial charge is 0.116 e. The summed E-state index contributed by atoms with van der Waals surface area (Å²) >= 11 is 5.79. The minimum atomic E-state index is 0.762. The molecule has 3 nitrogen and oxygen atoms in total. The van der Waals surface area contributed by atoms with E-state index in [0.717, 1.165) is 11.6 Å². The van der Waals surface area contributed by atoms with Crippen molar-refractivity contribution in [3.05, 3.63) is 47.3 Å². The molecule has 1 aliphatic rings. The molecule has 1 aliphatic heterocycles. The first kappa shape index (κ1) is 9.09. The minimum Gasteiger partial charge on any atom is -0.332 e. The van der Waals surface area contributed by atoms with Crippen molar-refractivity contribution in [3.8, 4) is 0 Å². The van der Waals surface area contributed by atoms with Gasteiger partial charge in [0.1, 0.15) is 6.34 Å². The molecule has 0 fully saturated rings. The molecule has 0 amide bonds. The lowest BCUT2D eigenvalue weighted by Gasteiger charge is -2.16. The van der Waals surface area contributed by atoms with Gasteiger partial charge in [-0.25, -0.2) is 0 Å². The molecule has 14 heavy (non-hydrogen) atoms. The van der Waals surface area contributed by atoms with Gasteiger partial charge in [-0.05, 0) is 17.7 Å². The summed E-state index contributed by atoms with van der Waals surface area (Å²) in [5.41, 5.74) is 3.94. The molecule has 4 heteroatoms. The van der Waals surface area contributed by atoms with E-state index in [-0.39, 0.29) is 0 Å². The van der Waals surface area contributed by atoms with Gasteiger partial charge in [0.2, 0.25) is 0 Å². The highest BCUT2D eigenvalue weighted by atomic mass is 35.5. The van der Waals surface area contributed by atoms with Crippen LogP contribution in [0.3, 0.4) is 0 Å². The number of hydrogen-bond donors (Lipinski definition) is 1. The summed E-state index contributed by atoms with van der Waals surface area (Å²) in [6.45, 7) is 0.804. The second-order valence-electron chi connectivity index (χ2n) is 2.99. The lowest BCUT2D eigenvalue weighted by Crippen LogP contribution is -2.20. The maximum atomic E-state index is 5.79. The quantitative estimate of drug-likeness (QED) is 0.805. The molecule has 0 saturated heterocycles. The third-order valence-corrected chi connectivity index (χ3v) is 2.15. The van der Waals surface area contributed by atoms with E-state index < -0.39 is 0 Å². The van der Waals surface area contributed by atoms with E-state index in [4.69, 9.17) is 11.6 Å². The van der Waals surface area contributed by atoms with E-state index in [9.17, 15) is 0 Å². The maximum absolute atomic E-state index is 5.79. The van der Waals surface area contributed by atoms with E-state index in [1.165, 1.54) is 5.56 Å². The summed E-state index contributed by atoms with van der Waals surface area (Å²) in [6, 6.07) is 7.79. The number of nitrogens with zero attached hydrogens (tertiary/aromatic N) is 2. The number of rotatable bonds is 2. The zero-order chi connectivity index (χ0) is 9.80. The van der Waals surface area contributed by atoms with Crippen molar-refractivity contribution in [3.63, 3.8) is 0 Å². The second-order valence-corrected chi connectivity index (χ2v) is 3.42. The molecule has 1 heterocycles. The van der Waals surface area contributed by atoms with Crippen molar-refractivity contribution in [2.24, 2.45) is 5.10 Å². The normalized spacial score (nSPS) is 14.2. The standard InChI is InChI=1S/C10H10ClN3/c11-10-3-1-9(2-4-10)7-14-6-5-12-13-8-14/h1-6,8,12H,7H2. The topological polar surface area (TPSA) is 27.6 Å². The SMILES string of the molecule is Clc1ccc(CN2C=CNN=C2)cc1. The molecule has 1 aromatic rings. The predicted molar refractivity (Wildman–Crippen MR) is 57.8 cm³/mol. The van der Waals surface area contributed by atoms with Gasteiger partial charge in [-0.15, -0.1) is 0 Å². The summed E-state index contributed by atoms with van der Waals surface area (Å²) in [6.07, 6.45) is 5.46. The van der Waals surface area contributed by atoms with E-state index in [1.807, 2.05) is 35.4 Å². The van der Waals surface area contributed by atoms with Crippen LogP contribution < -0.4 is 5.43 Å². The van der Waals surface area contributed by atoms with Crippen molar-refractivity contribution in [2.75, 3.05) is 0 Å². The van der Waals surface area contributed by atoms with Gasteiger partial charge in [0, 0.05) is 24.0 Å². The fourth-order valence-corrected chi connectivity index (χ4v) is 1.34. The molecule has 0 unspecified atom stereocenters. The highest BCUT2D eigenvalue weighted by Crippen LogP contribution is 2.11. The van der Waals surface area contributed by atoms with Gasteiger partial charge in [-0.3, -0.25) is 5.43 Å². The lowest BCUT2D eigenvalue weighted by atomic mass is 10.2. The molecule has 0 aromatic heterocycles. The molecule has 0 radical (unpaired) electrons. The third-order valence-electron chi connectivity index (χ3n) is 1.90. The van der Waals surface area contributed by atoms with Crippen molar-refractivity contribution < 1.29 is 0 Å². The minimum absolute atomic E-state index is 0.762. The zero-order valence-corrected chi connectivity index (χ0v) is 8.28. The Morgan fingerprint density at radius 1 is 1.29 bits per heavy atom. The predicted octanol–water partition coefficient (Wildman–Crippen LogP) is 2.16. The molecule has 2 rings (SSSR count). The van der Waals surface area contributed by atoms with Gasteiger partial charge in [0.05, 0.1) is 0 Å². The van der Waals surface area contributed by atoms with Crippen LogP contribution in [-0.4, -0.2) is 11.2 Å². The monoisotopic (exact) mass is 207 g/mol. The average molecular weight is 208 g/mol. The molecule has 0 spiro atoms. The van der Waals surface area contributed by atoms with E-state index >= 15 is 0 Å². The maximum Gasteiger partial charge on any atom is 0.116 e. The van der Waals surface area contributed by atoms with Crippen molar-refractivity contribution in [1.29, 1.82) is 0 Å². The van der Waals surface area contributed by atoms with Gasteiger partial charge in [-0.2, -0.15) is 5.10 Å². The van der Waals surface area contributed by atoms with Crippen LogP contribution in [0, 0.1) is 0 Å². The lowest BCUT2D eigenvalue weighted by molar-refractivity contribution is 0.547. The Kier molecular flexibility index (Phi) is 2.70. The Morgan fingerprint density at radius 3 is 2.71 bits per heavy atom. The Morgan fingerprint density at radius 2 is 2.07 bits per heavy atom. The second kappa shape index (κ2) is 4.15. The van der Waals surface area contributed by atoms with Crippen LogP contribution >= 0.6 is 11.6 Å². The van der Waals surface area contributed by atoms with Crippen LogP contribution in [-0.2, 0) is 6.54 Å². The van der Waals surface area contributed by atoms with Crippen molar-refractivity contribution in [2.45, 2.75) is 6.54 Å². The van der Waals surface area contributed by atoms with Gasteiger partial charge in [-0.1, -0.05) is 23.7 Å². The molecule has 0 atom stereocenters. The van der Waals surface area contributed by atoms with Crippen molar-refractivity contribution >= 4 is 17.9 Å². The van der Waals surface area contributed by atoms with E-state index in [2.05, 4.69) is 10.5 Å². The van der Waals surface area contributed by atoms with Gasteiger partial charge < -0.3 is 4.90 Å². The van der Waals surface area contributed by atoms with Crippen LogP contribution in [0.1, 0.15) is 5.56 Å². The largest absolute Gasteiger partial charge is 0.332 e.